The quantitative estimate of drug-likeness (QED) is 0.732. The van der Waals surface area contributed by atoms with E-state index in [2.05, 4.69) is 4.98 Å². The molecular weight excluding hydrogens is 320 g/mol. The number of allylic oxidation sites excluding steroid dienone is 1. The standard InChI is InChI=1S/C19H24N2O4/c1-13-14(12-22)19(24-15-6-5-9-20-16(13)15)7-10-21(11-8-19)17(23)25-18(2,3)4/h5-6,9,12H,7-8,10-11H2,1-4H3. The summed E-state index contributed by atoms with van der Waals surface area (Å²) in [6.45, 7) is 8.41. The molecule has 6 heteroatoms. The van der Waals surface area contributed by atoms with Crippen LogP contribution in [0.25, 0.3) is 5.57 Å². The van der Waals surface area contributed by atoms with Gasteiger partial charge in [-0.05, 0) is 45.4 Å². The molecule has 0 bridgehead atoms. The van der Waals surface area contributed by atoms with E-state index in [1.807, 2.05) is 39.8 Å². The van der Waals surface area contributed by atoms with E-state index in [1.54, 1.807) is 11.1 Å². The van der Waals surface area contributed by atoms with Gasteiger partial charge in [0.25, 0.3) is 0 Å². The number of ether oxygens (including phenoxy) is 2. The van der Waals surface area contributed by atoms with Crippen molar-refractivity contribution in [2.45, 2.75) is 51.7 Å². The molecule has 0 unspecified atom stereocenters. The summed E-state index contributed by atoms with van der Waals surface area (Å²) in [5.74, 6) is 0.691. The number of aromatic nitrogens is 1. The number of nitrogens with zero attached hydrogens (tertiary/aromatic N) is 2. The van der Waals surface area contributed by atoms with Gasteiger partial charge in [-0.3, -0.25) is 9.78 Å². The van der Waals surface area contributed by atoms with Crippen molar-refractivity contribution in [3.8, 4) is 5.75 Å². The van der Waals surface area contributed by atoms with Crippen LogP contribution in [-0.4, -0.2) is 46.6 Å². The Morgan fingerprint density at radius 1 is 1.36 bits per heavy atom. The lowest BCUT2D eigenvalue weighted by Crippen LogP contribution is -2.53. The fourth-order valence-corrected chi connectivity index (χ4v) is 3.43. The molecular formula is C19H24N2O4. The first-order chi connectivity index (χ1) is 11.8. The normalized spacial score (nSPS) is 19.3. The molecule has 1 spiro atoms. The first kappa shape index (κ1) is 17.5. The van der Waals surface area contributed by atoms with Gasteiger partial charge in [0.05, 0.1) is 0 Å². The van der Waals surface area contributed by atoms with E-state index >= 15 is 0 Å². The summed E-state index contributed by atoms with van der Waals surface area (Å²) in [7, 11) is 0. The lowest BCUT2D eigenvalue weighted by molar-refractivity contribution is -0.107. The second kappa shape index (κ2) is 6.17. The van der Waals surface area contributed by atoms with Crippen molar-refractivity contribution >= 4 is 18.0 Å². The topological polar surface area (TPSA) is 68.7 Å². The Balaban J connectivity index is 1.82. The molecule has 25 heavy (non-hydrogen) atoms. The van der Waals surface area contributed by atoms with Crippen LogP contribution in [0.5, 0.6) is 5.75 Å². The Kier molecular flexibility index (Phi) is 4.31. The van der Waals surface area contributed by atoms with E-state index in [9.17, 15) is 9.59 Å². The van der Waals surface area contributed by atoms with Crippen LogP contribution < -0.4 is 4.74 Å². The van der Waals surface area contributed by atoms with Crippen LogP contribution in [0.1, 0.15) is 46.2 Å². The predicted octanol–water partition coefficient (Wildman–Crippen LogP) is 3.22. The lowest BCUT2D eigenvalue weighted by atomic mass is 9.79. The smallest absolute Gasteiger partial charge is 0.410 e. The number of amides is 1. The summed E-state index contributed by atoms with van der Waals surface area (Å²) >= 11 is 0. The minimum atomic E-state index is -0.694. The van der Waals surface area contributed by atoms with Gasteiger partial charge in [-0.2, -0.15) is 0 Å². The van der Waals surface area contributed by atoms with E-state index in [-0.39, 0.29) is 6.09 Å². The average Bonchev–Trinajstić information content (AvgIpc) is 2.54. The number of pyridine rings is 1. The van der Waals surface area contributed by atoms with Crippen molar-refractivity contribution in [2.75, 3.05) is 13.1 Å². The molecule has 0 aliphatic carbocycles. The summed E-state index contributed by atoms with van der Waals surface area (Å²) in [6, 6.07) is 3.69. The van der Waals surface area contributed by atoms with Gasteiger partial charge in [0.15, 0.2) is 0 Å². The van der Waals surface area contributed by atoms with Gasteiger partial charge in [0, 0.05) is 37.7 Å². The summed E-state index contributed by atoms with van der Waals surface area (Å²) in [5, 5.41) is 0. The molecule has 1 saturated heterocycles. The Hall–Kier alpha value is -2.37. The zero-order valence-electron chi connectivity index (χ0n) is 15.2. The summed E-state index contributed by atoms with van der Waals surface area (Å²) in [4.78, 5) is 30.1. The van der Waals surface area contributed by atoms with Crippen molar-refractivity contribution in [1.29, 1.82) is 0 Å². The lowest BCUT2D eigenvalue weighted by Gasteiger charge is -2.44. The highest BCUT2D eigenvalue weighted by molar-refractivity contribution is 5.91. The van der Waals surface area contributed by atoms with Crippen molar-refractivity contribution < 1.29 is 19.1 Å². The van der Waals surface area contributed by atoms with Crippen molar-refractivity contribution in [2.24, 2.45) is 0 Å². The summed E-state index contributed by atoms with van der Waals surface area (Å²) in [6.07, 6.45) is 3.33. The number of piperidine rings is 1. The third kappa shape index (κ3) is 3.25. The molecule has 0 N–H and O–H groups in total. The molecule has 6 nitrogen and oxygen atoms in total. The van der Waals surface area contributed by atoms with Crippen LogP contribution in [0.2, 0.25) is 0 Å². The van der Waals surface area contributed by atoms with E-state index in [0.29, 0.717) is 42.9 Å². The molecule has 0 aromatic carbocycles. The van der Waals surface area contributed by atoms with E-state index in [1.165, 1.54) is 0 Å². The minimum absolute atomic E-state index is 0.325. The number of carbonyl (C=O) groups excluding carboxylic acids is 2. The molecule has 2 aliphatic heterocycles. The molecule has 134 valence electrons. The number of likely N-dealkylation sites (tertiary alicyclic amines) is 1. The van der Waals surface area contributed by atoms with E-state index < -0.39 is 11.2 Å². The third-order valence-electron chi connectivity index (χ3n) is 4.67. The zero-order valence-corrected chi connectivity index (χ0v) is 15.2. The molecule has 1 amide bonds. The van der Waals surface area contributed by atoms with E-state index in [0.717, 1.165) is 11.9 Å². The molecule has 0 atom stereocenters. The first-order valence-electron chi connectivity index (χ1n) is 8.55. The third-order valence-corrected chi connectivity index (χ3v) is 4.67. The molecule has 1 fully saturated rings. The zero-order chi connectivity index (χ0) is 18.2. The minimum Gasteiger partial charge on any atom is -0.480 e. The van der Waals surface area contributed by atoms with Crippen LogP contribution in [0.4, 0.5) is 4.79 Å². The van der Waals surface area contributed by atoms with Gasteiger partial charge < -0.3 is 14.4 Å². The Labute approximate surface area is 147 Å². The van der Waals surface area contributed by atoms with Gasteiger partial charge >= 0.3 is 6.09 Å². The van der Waals surface area contributed by atoms with Gasteiger partial charge in [-0.1, -0.05) is 0 Å². The molecule has 1 aromatic rings. The second-order valence-corrected chi connectivity index (χ2v) is 7.57. The number of rotatable bonds is 1. The van der Waals surface area contributed by atoms with Crippen LogP contribution in [0, 0.1) is 0 Å². The van der Waals surface area contributed by atoms with Crippen LogP contribution in [0.3, 0.4) is 0 Å². The SMILES string of the molecule is CC1=C(C=O)C2(CCN(C(=O)OC(C)(C)C)CC2)Oc2cccnc21. The Morgan fingerprint density at radius 2 is 2.04 bits per heavy atom. The maximum Gasteiger partial charge on any atom is 0.410 e. The number of aldehydes is 1. The van der Waals surface area contributed by atoms with Gasteiger partial charge in [-0.15, -0.1) is 0 Å². The van der Waals surface area contributed by atoms with Gasteiger partial charge in [-0.25, -0.2) is 4.79 Å². The maximum atomic E-state index is 12.3. The summed E-state index contributed by atoms with van der Waals surface area (Å²) < 4.78 is 11.7. The van der Waals surface area contributed by atoms with E-state index in [4.69, 9.17) is 9.47 Å². The predicted molar refractivity (Wildman–Crippen MR) is 93.3 cm³/mol. The molecule has 1 aromatic heterocycles. The number of carbonyl (C=O) groups is 2. The van der Waals surface area contributed by atoms with Gasteiger partial charge in [0.2, 0.25) is 0 Å². The molecule has 0 saturated carbocycles. The van der Waals surface area contributed by atoms with Gasteiger partial charge in [0.1, 0.15) is 28.9 Å². The highest BCUT2D eigenvalue weighted by atomic mass is 16.6. The second-order valence-electron chi connectivity index (χ2n) is 7.57. The van der Waals surface area contributed by atoms with Crippen molar-refractivity contribution in [1.82, 2.24) is 9.88 Å². The average molecular weight is 344 g/mol. The fraction of sp³-hybridized carbons (Fsp3) is 0.526. The highest BCUT2D eigenvalue weighted by Gasteiger charge is 2.45. The number of hydrogen-bond donors (Lipinski definition) is 0. The van der Waals surface area contributed by atoms with Crippen LogP contribution in [-0.2, 0) is 9.53 Å². The van der Waals surface area contributed by atoms with Crippen LogP contribution >= 0.6 is 0 Å². The molecule has 3 heterocycles. The number of fused-ring (bicyclic) bond motifs is 1. The highest BCUT2D eigenvalue weighted by Crippen LogP contribution is 2.43. The molecule has 0 radical (unpaired) electrons. The molecule has 2 aliphatic rings. The summed E-state index contributed by atoms with van der Waals surface area (Å²) in [5.41, 5.74) is 0.970. The molecule has 3 rings (SSSR count). The van der Waals surface area contributed by atoms with Crippen molar-refractivity contribution in [3.63, 3.8) is 0 Å². The van der Waals surface area contributed by atoms with Crippen LogP contribution in [0.15, 0.2) is 23.9 Å². The Bertz CT molecular complexity index is 725. The maximum absolute atomic E-state index is 12.3. The monoisotopic (exact) mass is 344 g/mol. The van der Waals surface area contributed by atoms with Crippen molar-refractivity contribution in [3.05, 3.63) is 29.6 Å². The fourth-order valence-electron chi connectivity index (χ4n) is 3.43. The first-order valence-corrected chi connectivity index (χ1v) is 8.55. The number of hydrogen-bond acceptors (Lipinski definition) is 5. The Morgan fingerprint density at radius 3 is 2.64 bits per heavy atom. The largest absolute Gasteiger partial charge is 0.480 e.